The number of amides is 1. The van der Waals surface area contributed by atoms with Crippen LogP contribution in [0.1, 0.15) is 12.6 Å². The Morgan fingerprint density at radius 3 is 2.61 bits per heavy atom. The van der Waals surface area contributed by atoms with Gasteiger partial charge in [0.25, 0.3) is 0 Å². The first-order chi connectivity index (χ1) is 16.2. The van der Waals surface area contributed by atoms with Gasteiger partial charge in [0, 0.05) is 16.6 Å². The van der Waals surface area contributed by atoms with Crippen LogP contribution in [-0.2, 0) is 11.2 Å². The van der Waals surface area contributed by atoms with Gasteiger partial charge in [0.2, 0.25) is 11.8 Å². The van der Waals surface area contributed by atoms with E-state index >= 15 is 0 Å². The molecule has 0 unspecified atom stereocenters. The Kier molecular flexibility index (Phi) is 5.87. The van der Waals surface area contributed by atoms with Gasteiger partial charge in [-0.1, -0.05) is 24.3 Å². The zero-order chi connectivity index (χ0) is 22.6. The van der Waals surface area contributed by atoms with Gasteiger partial charge in [-0.3, -0.25) is 4.79 Å². The number of hydrogen-bond donors (Lipinski definition) is 1. The second-order valence-corrected chi connectivity index (χ2v) is 8.22. The molecule has 2 heterocycles. The molecule has 5 aromatic rings. The number of oxazole rings is 1. The number of thiazole rings is 1. The van der Waals surface area contributed by atoms with Crippen LogP contribution in [0.25, 0.3) is 33.1 Å². The van der Waals surface area contributed by atoms with Crippen molar-refractivity contribution in [2.24, 2.45) is 0 Å². The summed E-state index contributed by atoms with van der Waals surface area (Å²) in [5.74, 6) is 1.22. The molecule has 0 bridgehead atoms. The molecule has 3 aromatic carbocycles. The summed E-state index contributed by atoms with van der Waals surface area (Å²) in [6, 6.07) is 22.9. The number of carbonyl (C=O) groups excluding carboxylic acids is 1. The SMILES string of the molecule is CCOc1ccccc1-c1nc(CC(=O)Nc2ccc(-c3nc4ccccc4o3)cc2)cs1. The van der Waals surface area contributed by atoms with Crippen LogP contribution in [0.15, 0.2) is 82.6 Å². The van der Waals surface area contributed by atoms with Gasteiger partial charge in [0.1, 0.15) is 16.3 Å². The van der Waals surface area contributed by atoms with Crippen molar-refractivity contribution in [3.63, 3.8) is 0 Å². The first-order valence-corrected chi connectivity index (χ1v) is 11.5. The Labute approximate surface area is 194 Å². The number of benzene rings is 3. The van der Waals surface area contributed by atoms with Crippen molar-refractivity contribution in [2.75, 3.05) is 11.9 Å². The number of nitrogens with one attached hydrogen (secondary N) is 1. The number of carbonyl (C=O) groups is 1. The number of fused-ring (bicyclic) bond motifs is 1. The minimum Gasteiger partial charge on any atom is -0.493 e. The van der Waals surface area contributed by atoms with Gasteiger partial charge in [-0.05, 0) is 55.5 Å². The standard InChI is InChI=1S/C26H21N3O3S/c1-2-31-22-9-5-3-7-20(22)26-28-19(16-33-26)15-24(30)27-18-13-11-17(12-14-18)25-29-21-8-4-6-10-23(21)32-25/h3-14,16H,2,15H2,1H3,(H,27,30). The van der Waals surface area contributed by atoms with Crippen molar-refractivity contribution >= 4 is 34.0 Å². The van der Waals surface area contributed by atoms with E-state index in [0.29, 0.717) is 18.2 Å². The molecule has 6 nitrogen and oxygen atoms in total. The predicted octanol–water partition coefficient (Wildman–Crippen LogP) is 6.20. The summed E-state index contributed by atoms with van der Waals surface area (Å²) in [6.07, 6.45) is 0.195. The third-order valence-corrected chi connectivity index (χ3v) is 5.94. The van der Waals surface area contributed by atoms with E-state index in [9.17, 15) is 4.79 Å². The lowest BCUT2D eigenvalue weighted by molar-refractivity contribution is -0.115. The fourth-order valence-corrected chi connectivity index (χ4v) is 4.35. The minimum absolute atomic E-state index is 0.125. The first-order valence-electron chi connectivity index (χ1n) is 10.6. The number of nitrogens with zero attached hydrogens (tertiary/aromatic N) is 2. The second-order valence-electron chi connectivity index (χ2n) is 7.36. The first kappa shape index (κ1) is 20.9. The van der Waals surface area contributed by atoms with Crippen molar-refractivity contribution in [1.82, 2.24) is 9.97 Å². The van der Waals surface area contributed by atoms with E-state index in [-0.39, 0.29) is 12.3 Å². The van der Waals surface area contributed by atoms with Crippen molar-refractivity contribution in [3.8, 4) is 27.8 Å². The van der Waals surface area contributed by atoms with Crippen LogP contribution in [0, 0.1) is 0 Å². The van der Waals surface area contributed by atoms with Crippen LogP contribution >= 0.6 is 11.3 Å². The molecule has 0 aliphatic rings. The third kappa shape index (κ3) is 4.63. The number of para-hydroxylation sites is 3. The molecule has 0 aliphatic carbocycles. The molecule has 0 spiro atoms. The summed E-state index contributed by atoms with van der Waals surface area (Å²) in [7, 11) is 0. The molecule has 0 atom stereocenters. The van der Waals surface area contributed by atoms with Crippen LogP contribution in [0.5, 0.6) is 5.75 Å². The molecule has 0 radical (unpaired) electrons. The largest absolute Gasteiger partial charge is 0.493 e. The molecule has 0 aliphatic heterocycles. The van der Waals surface area contributed by atoms with E-state index in [1.165, 1.54) is 11.3 Å². The molecular weight excluding hydrogens is 434 g/mol. The van der Waals surface area contributed by atoms with E-state index in [1.807, 2.05) is 85.1 Å². The average molecular weight is 456 g/mol. The Morgan fingerprint density at radius 1 is 1.00 bits per heavy atom. The molecule has 0 saturated carbocycles. The van der Waals surface area contributed by atoms with Gasteiger partial charge in [0.05, 0.1) is 24.3 Å². The number of anilines is 1. The lowest BCUT2D eigenvalue weighted by Crippen LogP contribution is -2.14. The number of aromatic nitrogens is 2. The summed E-state index contributed by atoms with van der Waals surface area (Å²) >= 11 is 1.50. The van der Waals surface area contributed by atoms with Gasteiger partial charge >= 0.3 is 0 Å². The minimum atomic E-state index is -0.125. The van der Waals surface area contributed by atoms with Crippen LogP contribution in [0.2, 0.25) is 0 Å². The zero-order valence-corrected chi connectivity index (χ0v) is 18.8. The fraction of sp³-hybridized carbons (Fsp3) is 0.115. The van der Waals surface area contributed by atoms with Gasteiger partial charge in [-0.15, -0.1) is 11.3 Å². The highest BCUT2D eigenvalue weighted by Gasteiger charge is 2.13. The highest BCUT2D eigenvalue weighted by atomic mass is 32.1. The van der Waals surface area contributed by atoms with Crippen molar-refractivity contribution < 1.29 is 13.9 Å². The molecule has 0 saturated heterocycles. The van der Waals surface area contributed by atoms with Crippen LogP contribution in [0.3, 0.4) is 0 Å². The summed E-state index contributed by atoms with van der Waals surface area (Å²) < 4.78 is 11.5. The quantitative estimate of drug-likeness (QED) is 0.316. The smallest absolute Gasteiger partial charge is 0.230 e. The van der Waals surface area contributed by atoms with E-state index < -0.39 is 0 Å². The van der Waals surface area contributed by atoms with Crippen LogP contribution < -0.4 is 10.1 Å². The molecule has 33 heavy (non-hydrogen) atoms. The molecule has 2 aromatic heterocycles. The molecular formula is C26H21N3O3S. The van der Waals surface area contributed by atoms with Crippen molar-refractivity contribution in [3.05, 3.63) is 83.9 Å². The van der Waals surface area contributed by atoms with E-state index in [1.54, 1.807) is 0 Å². The van der Waals surface area contributed by atoms with Crippen LogP contribution in [0.4, 0.5) is 5.69 Å². The number of rotatable bonds is 7. The van der Waals surface area contributed by atoms with Gasteiger partial charge < -0.3 is 14.5 Å². The van der Waals surface area contributed by atoms with Crippen LogP contribution in [-0.4, -0.2) is 22.5 Å². The second kappa shape index (κ2) is 9.26. The fourth-order valence-electron chi connectivity index (χ4n) is 3.50. The van der Waals surface area contributed by atoms with Gasteiger partial charge in [-0.25, -0.2) is 9.97 Å². The zero-order valence-electron chi connectivity index (χ0n) is 17.9. The molecule has 7 heteroatoms. The Hall–Kier alpha value is -3.97. The average Bonchev–Trinajstić information content (AvgIpc) is 3.47. The monoisotopic (exact) mass is 455 g/mol. The molecule has 1 amide bonds. The highest BCUT2D eigenvalue weighted by molar-refractivity contribution is 7.13. The maximum absolute atomic E-state index is 12.6. The van der Waals surface area contributed by atoms with Gasteiger partial charge in [-0.2, -0.15) is 0 Å². The van der Waals surface area contributed by atoms with Crippen molar-refractivity contribution in [2.45, 2.75) is 13.3 Å². The topological polar surface area (TPSA) is 77.2 Å². The summed E-state index contributed by atoms with van der Waals surface area (Å²) in [4.78, 5) is 21.7. The predicted molar refractivity (Wildman–Crippen MR) is 130 cm³/mol. The lowest BCUT2D eigenvalue weighted by atomic mass is 10.2. The molecule has 164 valence electrons. The maximum Gasteiger partial charge on any atom is 0.230 e. The van der Waals surface area contributed by atoms with E-state index in [4.69, 9.17) is 9.15 Å². The number of hydrogen-bond acceptors (Lipinski definition) is 6. The number of ether oxygens (including phenoxy) is 1. The summed E-state index contributed by atoms with van der Waals surface area (Å²) in [5, 5.41) is 5.67. The summed E-state index contributed by atoms with van der Waals surface area (Å²) in [6.45, 7) is 2.54. The van der Waals surface area contributed by atoms with Gasteiger partial charge in [0.15, 0.2) is 5.58 Å². The third-order valence-electron chi connectivity index (χ3n) is 5.02. The van der Waals surface area contributed by atoms with Crippen molar-refractivity contribution in [1.29, 1.82) is 0 Å². The lowest BCUT2D eigenvalue weighted by Gasteiger charge is -2.07. The van der Waals surface area contributed by atoms with E-state index in [2.05, 4.69) is 15.3 Å². The molecule has 1 N–H and O–H groups in total. The normalized spacial score (nSPS) is 10.9. The van der Waals surface area contributed by atoms with E-state index in [0.717, 1.165) is 38.7 Å². The maximum atomic E-state index is 12.6. The highest BCUT2D eigenvalue weighted by Crippen LogP contribution is 2.32. The molecule has 5 rings (SSSR count). The Morgan fingerprint density at radius 2 is 1.79 bits per heavy atom. The Balaban J connectivity index is 1.24. The molecule has 0 fully saturated rings. The Bertz CT molecular complexity index is 1370. The summed E-state index contributed by atoms with van der Waals surface area (Å²) in [5.41, 5.74) is 4.78.